The van der Waals surface area contributed by atoms with Crippen molar-refractivity contribution in [3.05, 3.63) is 60.2 Å². The highest BCUT2D eigenvalue weighted by molar-refractivity contribution is 7.98. The second kappa shape index (κ2) is 6.60. The van der Waals surface area contributed by atoms with Crippen LogP contribution in [0.3, 0.4) is 0 Å². The van der Waals surface area contributed by atoms with Crippen LogP contribution in [0.15, 0.2) is 53.8 Å². The standard InChI is InChI=1S/C17H15N7OS/c1-11-20-21-22-24(11)13-7-5-6-12(10-13)18-16(25)15-14-8-3-4-9-23(14)17(19-15)26-2/h3-10H,1-2H3,(H,18,25). The number of carbonyl (C=O) groups is 1. The van der Waals surface area contributed by atoms with Crippen molar-refractivity contribution in [2.45, 2.75) is 12.1 Å². The van der Waals surface area contributed by atoms with Gasteiger partial charge in [0.05, 0.1) is 11.2 Å². The number of nitrogens with zero attached hydrogens (tertiary/aromatic N) is 6. The second-order valence-electron chi connectivity index (χ2n) is 5.55. The molecule has 3 aromatic heterocycles. The third-order valence-corrected chi connectivity index (χ3v) is 4.54. The Morgan fingerprint density at radius 1 is 1.19 bits per heavy atom. The monoisotopic (exact) mass is 365 g/mol. The molecule has 0 saturated carbocycles. The van der Waals surface area contributed by atoms with Gasteiger partial charge in [0, 0.05) is 11.9 Å². The Labute approximate surface area is 153 Å². The molecule has 0 radical (unpaired) electrons. The maximum Gasteiger partial charge on any atom is 0.276 e. The van der Waals surface area contributed by atoms with Gasteiger partial charge in [-0.05, 0) is 53.9 Å². The first kappa shape index (κ1) is 16.3. The molecule has 0 spiro atoms. The lowest BCUT2D eigenvalue weighted by atomic mass is 10.2. The summed E-state index contributed by atoms with van der Waals surface area (Å²) in [5, 5.41) is 15.1. The fourth-order valence-electron chi connectivity index (χ4n) is 2.70. The molecule has 1 aromatic carbocycles. The molecule has 0 unspecified atom stereocenters. The fourth-order valence-corrected chi connectivity index (χ4v) is 3.24. The molecule has 9 heteroatoms. The molecule has 0 atom stereocenters. The van der Waals surface area contributed by atoms with Gasteiger partial charge < -0.3 is 5.32 Å². The number of imidazole rings is 1. The lowest BCUT2D eigenvalue weighted by Crippen LogP contribution is -2.13. The summed E-state index contributed by atoms with van der Waals surface area (Å²) >= 11 is 1.49. The zero-order valence-electron chi connectivity index (χ0n) is 14.1. The molecule has 1 amide bonds. The number of hydrogen-bond acceptors (Lipinski definition) is 6. The Hall–Kier alpha value is -3.20. The third-order valence-electron chi connectivity index (χ3n) is 3.89. The predicted octanol–water partition coefficient (Wildman–Crippen LogP) is 2.59. The summed E-state index contributed by atoms with van der Waals surface area (Å²) in [6, 6.07) is 13.0. The summed E-state index contributed by atoms with van der Waals surface area (Å²) < 4.78 is 3.51. The molecule has 1 N–H and O–H groups in total. The number of tetrazole rings is 1. The number of nitrogens with one attached hydrogen (secondary N) is 1. The van der Waals surface area contributed by atoms with E-state index in [1.165, 1.54) is 11.8 Å². The Morgan fingerprint density at radius 3 is 2.85 bits per heavy atom. The zero-order valence-corrected chi connectivity index (χ0v) is 14.9. The molecule has 0 saturated heterocycles. The van der Waals surface area contributed by atoms with Crippen molar-refractivity contribution >= 4 is 28.9 Å². The van der Waals surface area contributed by atoms with Crippen LogP contribution in [0.1, 0.15) is 16.3 Å². The van der Waals surface area contributed by atoms with Crippen LogP contribution in [-0.2, 0) is 0 Å². The van der Waals surface area contributed by atoms with Crippen LogP contribution in [0.25, 0.3) is 11.2 Å². The van der Waals surface area contributed by atoms with Crippen LogP contribution in [-0.4, -0.2) is 41.8 Å². The Kier molecular flexibility index (Phi) is 4.13. The van der Waals surface area contributed by atoms with Crippen molar-refractivity contribution in [3.63, 3.8) is 0 Å². The number of rotatable bonds is 4. The Morgan fingerprint density at radius 2 is 2.08 bits per heavy atom. The van der Waals surface area contributed by atoms with E-state index in [1.54, 1.807) is 4.68 Å². The maximum atomic E-state index is 12.8. The minimum atomic E-state index is -0.264. The molecule has 0 aliphatic heterocycles. The van der Waals surface area contributed by atoms with E-state index in [4.69, 9.17) is 0 Å². The number of amides is 1. The lowest BCUT2D eigenvalue weighted by Gasteiger charge is -2.07. The van der Waals surface area contributed by atoms with Crippen molar-refractivity contribution in [2.24, 2.45) is 0 Å². The molecule has 4 rings (SSSR count). The molecular weight excluding hydrogens is 350 g/mol. The molecule has 4 aromatic rings. The summed E-state index contributed by atoms with van der Waals surface area (Å²) in [4.78, 5) is 17.2. The molecule has 26 heavy (non-hydrogen) atoms. The number of benzene rings is 1. The highest BCUT2D eigenvalue weighted by Gasteiger charge is 2.17. The summed E-state index contributed by atoms with van der Waals surface area (Å²) in [6.45, 7) is 1.81. The SMILES string of the molecule is CSc1nc(C(=O)Nc2cccc(-n3nnnc3C)c2)c2ccccn12. The van der Waals surface area contributed by atoms with Crippen LogP contribution in [0.2, 0.25) is 0 Å². The average molecular weight is 365 g/mol. The number of carbonyl (C=O) groups excluding carboxylic acids is 1. The van der Waals surface area contributed by atoms with Crippen molar-refractivity contribution in [1.82, 2.24) is 29.6 Å². The van der Waals surface area contributed by atoms with Gasteiger partial charge in [-0.3, -0.25) is 9.20 Å². The number of aryl methyl sites for hydroxylation is 1. The largest absolute Gasteiger partial charge is 0.321 e. The van der Waals surface area contributed by atoms with Gasteiger partial charge in [0.25, 0.3) is 5.91 Å². The molecule has 3 heterocycles. The average Bonchev–Trinajstić information content (AvgIpc) is 3.25. The predicted molar refractivity (Wildman–Crippen MR) is 98.8 cm³/mol. The van der Waals surface area contributed by atoms with Crippen LogP contribution < -0.4 is 5.32 Å². The molecule has 8 nitrogen and oxygen atoms in total. The number of thioether (sulfide) groups is 1. The molecule has 0 bridgehead atoms. The van der Waals surface area contributed by atoms with E-state index in [1.807, 2.05) is 66.2 Å². The number of pyridine rings is 1. The van der Waals surface area contributed by atoms with Crippen molar-refractivity contribution in [1.29, 1.82) is 0 Å². The first-order chi connectivity index (χ1) is 12.7. The van der Waals surface area contributed by atoms with Gasteiger partial charge in [-0.1, -0.05) is 23.9 Å². The number of hydrogen-bond donors (Lipinski definition) is 1. The second-order valence-corrected chi connectivity index (χ2v) is 6.32. The van der Waals surface area contributed by atoms with Crippen LogP contribution in [0.4, 0.5) is 5.69 Å². The first-order valence-corrected chi connectivity index (χ1v) is 9.07. The summed E-state index contributed by atoms with van der Waals surface area (Å²) in [7, 11) is 0. The van der Waals surface area contributed by atoms with Gasteiger partial charge in [-0.15, -0.1) is 5.10 Å². The smallest absolute Gasteiger partial charge is 0.276 e. The molecule has 130 valence electrons. The minimum Gasteiger partial charge on any atom is -0.321 e. The van der Waals surface area contributed by atoms with E-state index in [2.05, 4.69) is 25.8 Å². The van der Waals surface area contributed by atoms with Gasteiger partial charge in [-0.2, -0.15) is 4.68 Å². The molecule has 0 fully saturated rings. The number of aromatic nitrogens is 6. The summed E-state index contributed by atoms with van der Waals surface area (Å²) in [5.74, 6) is 0.401. The number of anilines is 1. The number of fused-ring (bicyclic) bond motifs is 1. The zero-order chi connectivity index (χ0) is 18.1. The van der Waals surface area contributed by atoms with Crippen LogP contribution >= 0.6 is 11.8 Å². The van der Waals surface area contributed by atoms with Gasteiger partial charge in [0.15, 0.2) is 16.7 Å². The highest BCUT2D eigenvalue weighted by Crippen LogP contribution is 2.21. The fraction of sp³-hybridized carbons (Fsp3) is 0.118. The lowest BCUT2D eigenvalue weighted by molar-refractivity contribution is 0.102. The van der Waals surface area contributed by atoms with Crippen LogP contribution in [0, 0.1) is 6.92 Å². The quantitative estimate of drug-likeness (QED) is 0.559. The van der Waals surface area contributed by atoms with Gasteiger partial charge in [0.1, 0.15) is 0 Å². The van der Waals surface area contributed by atoms with E-state index < -0.39 is 0 Å². The van der Waals surface area contributed by atoms with E-state index in [9.17, 15) is 4.79 Å². The van der Waals surface area contributed by atoms with Gasteiger partial charge >= 0.3 is 0 Å². The van der Waals surface area contributed by atoms with Gasteiger partial charge in [-0.25, -0.2) is 4.98 Å². The Bertz CT molecular complexity index is 1100. The molecular formula is C17H15N7OS. The first-order valence-electron chi connectivity index (χ1n) is 7.85. The summed E-state index contributed by atoms with van der Waals surface area (Å²) in [5.41, 5.74) is 2.57. The molecule has 0 aliphatic carbocycles. The van der Waals surface area contributed by atoms with Gasteiger partial charge in [0.2, 0.25) is 0 Å². The van der Waals surface area contributed by atoms with E-state index in [0.29, 0.717) is 17.2 Å². The normalized spacial score (nSPS) is 11.0. The minimum absolute atomic E-state index is 0.264. The van der Waals surface area contributed by atoms with Crippen molar-refractivity contribution in [2.75, 3.05) is 11.6 Å². The van der Waals surface area contributed by atoms with Crippen molar-refractivity contribution in [3.8, 4) is 5.69 Å². The topological polar surface area (TPSA) is 90.0 Å². The Balaban J connectivity index is 1.66. The van der Waals surface area contributed by atoms with E-state index in [-0.39, 0.29) is 5.91 Å². The molecule has 0 aliphatic rings. The maximum absolute atomic E-state index is 12.8. The highest BCUT2D eigenvalue weighted by atomic mass is 32.2. The third kappa shape index (κ3) is 2.82. The van der Waals surface area contributed by atoms with E-state index in [0.717, 1.165) is 16.4 Å². The summed E-state index contributed by atoms with van der Waals surface area (Å²) in [6.07, 6.45) is 3.83. The van der Waals surface area contributed by atoms with Crippen molar-refractivity contribution < 1.29 is 4.79 Å². The van der Waals surface area contributed by atoms with E-state index >= 15 is 0 Å². The van der Waals surface area contributed by atoms with Crippen LogP contribution in [0.5, 0.6) is 0 Å².